The molecule has 84 valence electrons. The summed E-state index contributed by atoms with van der Waals surface area (Å²) in [4.78, 5) is 9.96. The number of nitrogens with two attached hydrogens (primary N) is 2. The molecule has 0 aromatic rings. The van der Waals surface area contributed by atoms with Crippen LogP contribution in [0.3, 0.4) is 0 Å². The molecule has 0 bridgehead atoms. The van der Waals surface area contributed by atoms with Crippen LogP contribution >= 0.6 is 0 Å². The predicted octanol–water partition coefficient (Wildman–Crippen LogP) is -2.64. The van der Waals surface area contributed by atoms with E-state index in [1.165, 1.54) is 0 Å². The molecule has 0 atom stereocenters. The lowest BCUT2D eigenvalue weighted by Gasteiger charge is -2.03. The summed E-state index contributed by atoms with van der Waals surface area (Å²) in [7, 11) is 0. The molecule has 6 heteroatoms. The van der Waals surface area contributed by atoms with Crippen LogP contribution in [-0.4, -0.2) is 44.1 Å². The quantitative estimate of drug-likeness (QED) is 0.254. The van der Waals surface area contributed by atoms with E-state index in [-0.39, 0.29) is 11.2 Å². The van der Waals surface area contributed by atoms with Crippen LogP contribution in [0.15, 0.2) is 5.70 Å². The van der Waals surface area contributed by atoms with Gasteiger partial charge in [0, 0.05) is 19.6 Å². The highest BCUT2D eigenvalue weighted by molar-refractivity contribution is 5.51. The number of carbonyl (C=O) groups excluding carboxylic acids is 1. The average molecular weight is 204 g/mol. The lowest BCUT2D eigenvalue weighted by molar-refractivity contribution is 0.564. The number of hydrogen-bond acceptors (Lipinski definition) is 5. The van der Waals surface area contributed by atoms with Gasteiger partial charge in [-0.1, -0.05) is 0 Å². The highest BCUT2D eigenvalue weighted by Gasteiger charge is 1.90. The molecular weight excluding hydrogens is 184 g/mol. The molecule has 8 N–H and O–H groups in total. The summed E-state index contributed by atoms with van der Waals surface area (Å²) in [5.74, 6) is 1.63. The molecule has 0 aliphatic carbocycles. The van der Waals surface area contributed by atoms with Crippen LogP contribution < -0.4 is 22.1 Å². The van der Waals surface area contributed by atoms with E-state index in [9.17, 15) is 4.79 Å². The van der Waals surface area contributed by atoms with Gasteiger partial charge in [-0.15, -0.1) is 0 Å². The summed E-state index contributed by atoms with van der Waals surface area (Å²) < 4.78 is 0. The van der Waals surface area contributed by atoms with E-state index in [4.69, 9.17) is 11.5 Å². The summed E-state index contributed by atoms with van der Waals surface area (Å²) in [6.07, 6.45) is 0.992. The van der Waals surface area contributed by atoms with Gasteiger partial charge in [-0.05, 0) is 19.5 Å². The van der Waals surface area contributed by atoms with Crippen molar-refractivity contribution in [3.05, 3.63) is 5.70 Å². The third kappa shape index (κ3) is 11.1. The fraction of sp³-hybridized carbons (Fsp3) is 0.750. The molecule has 0 aliphatic heterocycles. The Morgan fingerprint density at radius 3 is 2.43 bits per heavy atom. The van der Waals surface area contributed by atoms with Gasteiger partial charge in [0.25, 0.3) is 0 Å². The molecule has 0 spiro atoms. The number of hydrogen-bond donors (Lipinski definition) is 4. The molecule has 14 heavy (non-hydrogen) atoms. The molecule has 0 heterocycles. The lowest BCUT2D eigenvalue weighted by atomic mass is 10.4. The first kappa shape index (κ1) is 15.6. The SMILES string of the molecule is NCCNCCCNCC(N)=C=O.O. The Kier molecular flexibility index (Phi) is 13.4. The zero-order valence-corrected chi connectivity index (χ0v) is 8.31. The van der Waals surface area contributed by atoms with Crippen LogP contribution in [0, 0.1) is 0 Å². The maximum absolute atomic E-state index is 9.96. The molecule has 6 nitrogen and oxygen atoms in total. The second-order valence-electron chi connectivity index (χ2n) is 2.70. The van der Waals surface area contributed by atoms with Crippen LogP contribution in [0.25, 0.3) is 0 Å². The van der Waals surface area contributed by atoms with Gasteiger partial charge in [0.15, 0.2) is 0 Å². The fourth-order valence-corrected chi connectivity index (χ4v) is 0.825. The van der Waals surface area contributed by atoms with Gasteiger partial charge in [-0.2, -0.15) is 0 Å². The maximum atomic E-state index is 9.96. The minimum atomic E-state index is 0. The predicted molar refractivity (Wildman–Crippen MR) is 56.4 cm³/mol. The summed E-state index contributed by atoms with van der Waals surface area (Å²) >= 11 is 0. The van der Waals surface area contributed by atoms with Crippen molar-refractivity contribution in [3.8, 4) is 0 Å². The minimum absolute atomic E-state index is 0. The molecule has 0 saturated heterocycles. The first-order chi connectivity index (χ1) is 6.31. The molecule has 0 radical (unpaired) electrons. The van der Waals surface area contributed by atoms with Crippen LogP contribution in [0.4, 0.5) is 0 Å². The Labute approximate surface area is 84.0 Å². The minimum Gasteiger partial charge on any atom is -0.412 e. The van der Waals surface area contributed by atoms with Gasteiger partial charge >= 0.3 is 0 Å². The molecule has 0 amide bonds. The van der Waals surface area contributed by atoms with E-state index in [1.807, 2.05) is 0 Å². The average Bonchev–Trinajstić information content (AvgIpc) is 2.16. The van der Waals surface area contributed by atoms with Crippen molar-refractivity contribution in [1.29, 1.82) is 0 Å². The van der Waals surface area contributed by atoms with Crippen LogP contribution in [0.5, 0.6) is 0 Å². The zero-order valence-electron chi connectivity index (χ0n) is 8.31. The Balaban J connectivity index is 0. The van der Waals surface area contributed by atoms with E-state index < -0.39 is 0 Å². The van der Waals surface area contributed by atoms with Crippen LogP contribution in [-0.2, 0) is 4.79 Å². The highest BCUT2D eigenvalue weighted by atomic mass is 16.1. The van der Waals surface area contributed by atoms with Gasteiger partial charge in [-0.3, -0.25) is 0 Å². The molecule has 0 aliphatic rings. The van der Waals surface area contributed by atoms with Crippen molar-refractivity contribution < 1.29 is 10.3 Å². The number of rotatable bonds is 8. The second-order valence-corrected chi connectivity index (χ2v) is 2.70. The van der Waals surface area contributed by atoms with E-state index in [0.717, 1.165) is 26.1 Å². The van der Waals surface area contributed by atoms with Crippen molar-refractivity contribution in [1.82, 2.24) is 10.6 Å². The topological polar surface area (TPSA) is 125 Å². The van der Waals surface area contributed by atoms with Crippen molar-refractivity contribution in [3.63, 3.8) is 0 Å². The standard InChI is InChI=1S/C8H18N4O.H2O/c9-2-5-11-3-1-4-12-6-8(10)7-13;/h11-12H,1-6,9-10H2;1H2. The summed E-state index contributed by atoms with van der Waals surface area (Å²) in [5, 5.41) is 6.17. The monoisotopic (exact) mass is 204 g/mol. The van der Waals surface area contributed by atoms with Crippen molar-refractivity contribution in [2.75, 3.05) is 32.7 Å². The molecule has 0 saturated carbocycles. The smallest absolute Gasteiger partial charge is 0.146 e. The van der Waals surface area contributed by atoms with Crippen molar-refractivity contribution >= 4 is 5.94 Å². The third-order valence-electron chi connectivity index (χ3n) is 1.47. The first-order valence-corrected chi connectivity index (χ1v) is 4.42. The largest absolute Gasteiger partial charge is 0.412 e. The van der Waals surface area contributed by atoms with Gasteiger partial charge in [0.05, 0.1) is 0 Å². The Morgan fingerprint density at radius 1 is 1.21 bits per heavy atom. The fourth-order valence-electron chi connectivity index (χ4n) is 0.825. The molecule has 0 aromatic heterocycles. The Bertz CT molecular complexity index is 169. The Hall–Kier alpha value is -0.910. The summed E-state index contributed by atoms with van der Waals surface area (Å²) in [6, 6.07) is 0. The van der Waals surface area contributed by atoms with Crippen LogP contribution in [0.1, 0.15) is 6.42 Å². The second kappa shape index (κ2) is 12.1. The molecule has 0 rings (SSSR count). The van der Waals surface area contributed by atoms with Gasteiger partial charge in [0.2, 0.25) is 0 Å². The first-order valence-electron chi connectivity index (χ1n) is 4.42. The zero-order chi connectivity index (χ0) is 9.94. The summed E-state index contributed by atoms with van der Waals surface area (Å²) in [5.41, 5.74) is 10.7. The van der Waals surface area contributed by atoms with Gasteiger partial charge in [0.1, 0.15) is 11.6 Å². The maximum Gasteiger partial charge on any atom is 0.146 e. The number of nitrogens with one attached hydrogen (secondary N) is 2. The molecule has 0 aromatic carbocycles. The normalized spacial score (nSPS) is 8.93. The van der Waals surface area contributed by atoms with E-state index in [0.29, 0.717) is 13.1 Å². The summed E-state index contributed by atoms with van der Waals surface area (Å²) in [6.45, 7) is 3.68. The van der Waals surface area contributed by atoms with E-state index in [2.05, 4.69) is 10.6 Å². The third-order valence-corrected chi connectivity index (χ3v) is 1.47. The Morgan fingerprint density at radius 2 is 1.86 bits per heavy atom. The molecular formula is C8H20N4O2. The lowest BCUT2D eigenvalue weighted by Crippen LogP contribution is -2.27. The highest BCUT2D eigenvalue weighted by Crippen LogP contribution is 1.75. The van der Waals surface area contributed by atoms with E-state index in [1.54, 1.807) is 5.94 Å². The van der Waals surface area contributed by atoms with Crippen molar-refractivity contribution in [2.45, 2.75) is 6.42 Å². The van der Waals surface area contributed by atoms with Crippen LogP contribution in [0.2, 0.25) is 0 Å². The van der Waals surface area contributed by atoms with Crippen molar-refractivity contribution in [2.24, 2.45) is 11.5 Å². The molecule has 0 unspecified atom stereocenters. The molecule has 0 fully saturated rings. The van der Waals surface area contributed by atoms with E-state index >= 15 is 0 Å². The van der Waals surface area contributed by atoms with Gasteiger partial charge < -0.3 is 27.6 Å². The van der Waals surface area contributed by atoms with Gasteiger partial charge in [-0.25, -0.2) is 4.79 Å².